The van der Waals surface area contributed by atoms with Crippen molar-refractivity contribution in [2.75, 3.05) is 6.54 Å². The largest absolute Gasteiger partial charge is 0.444 e. The Morgan fingerprint density at radius 1 is 1.00 bits per heavy atom. The van der Waals surface area contributed by atoms with E-state index in [1.54, 1.807) is 0 Å². The molecule has 4 nitrogen and oxygen atoms in total. The standard InChI is InChI=1S/C26H37NO3Si/c1-25(2,3)30-24(28)27-20-12-13-21(27)18-19-26(4,5)31(29,22-14-8-6-9-15-22)23-16-10-7-11-17-23/h6-11,14-17,21,29H,12-13,18-20H2,1-5H3/t21-/m0/s1. The molecule has 31 heavy (non-hydrogen) atoms. The lowest BCUT2D eigenvalue weighted by Crippen LogP contribution is -2.65. The lowest BCUT2D eigenvalue weighted by atomic mass is 10.0. The number of amides is 1. The average molecular weight is 440 g/mol. The number of carbonyl (C=O) groups is 1. The number of nitrogens with zero attached hydrogens (tertiary/aromatic N) is 1. The van der Waals surface area contributed by atoms with Crippen molar-refractivity contribution in [3.05, 3.63) is 60.7 Å². The zero-order chi connectivity index (χ0) is 22.7. The number of hydrogen-bond acceptors (Lipinski definition) is 3. The van der Waals surface area contributed by atoms with Crippen LogP contribution in [0.25, 0.3) is 0 Å². The molecule has 5 heteroatoms. The zero-order valence-electron chi connectivity index (χ0n) is 19.6. The molecule has 2 aromatic carbocycles. The minimum atomic E-state index is -3.02. The third-order valence-electron chi connectivity index (χ3n) is 6.47. The second-order valence-corrected chi connectivity index (χ2v) is 14.3. The number of carbonyl (C=O) groups excluding carboxylic acids is 1. The van der Waals surface area contributed by atoms with Gasteiger partial charge in [-0.3, -0.25) is 0 Å². The highest BCUT2D eigenvalue weighted by atomic mass is 28.4. The lowest BCUT2D eigenvalue weighted by Gasteiger charge is -2.42. The quantitative estimate of drug-likeness (QED) is 0.664. The lowest BCUT2D eigenvalue weighted by molar-refractivity contribution is 0.0217. The number of ether oxygens (including phenoxy) is 1. The van der Waals surface area contributed by atoms with Crippen molar-refractivity contribution < 1.29 is 14.3 Å². The summed E-state index contributed by atoms with van der Waals surface area (Å²) in [7, 11) is -3.02. The van der Waals surface area contributed by atoms with Crippen molar-refractivity contribution in [2.45, 2.75) is 77.0 Å². The Morgan fingerprint density at radius 2 is 1.52 bits per heavy atom. The summed E-state index contributed by atoms with van der Waals surface area (Å²) in [6, 6.07) is 20.4. The van der Waals surface area contributed by atoms with Gasteiger partial charge in [0.15, 0.2) is 0 Å². The van der Waals surface area contributed by atoms with Crippen LogP contribution >= 0.6 is 0 Å². The van der Waals surface area contributed by atoms with Crippen molar-refractivity contribution in [3.63, 3.8) is 0 Å². The van der Waals surface area contributed by atoms with Crippen LogP contribution in [0.2, 0.25) is 5.04 Å². The van der Waals surface area contributed by atoms with Crippen molar-refractivity contribution >= 4 is 24.8 Å². The molecular weight excluding hydrogens is 402 g/mol. The van der Waals surface area contributed by atoms with Crippen LogP contribution in [0.1, 0.15) is 60.3 Å². The van der Waals surface area contributed by atoms with Crippen LogP contribution in [-0.4, -0.2) is 42.3 Å². The van der Waals surface area contributed by atoms with Gasteiger partial charge in [0.05, 0.1) is 0 Å². The molecule has 1 atom stereocenters. The van der Waals surface area contributed by atoms with Gasteiger partial charge in [-0.2, -0.15) is 0 Å². The highest BCUT2D eigenvalue weighted by Gasteiger charge is 2.50. The fourth-order valence-electron chi connectivity index (χ4n) is 4.71. The van der Waals surface area contributed by atoms with Gasteiger partial charge in [0.1, 0.15) is 5.60 Å². The molecule has 0 aromatic heterocycles. The molecule has 0 saturated carbocycles. The zero-order valence-corrected chi connectivity index (χ0v) is 20.6. The Bertz CT molecular complexity index is 822. The maximum absolute atomic E-state index is 12.7. The Morgan fingerprint density at radius 3 is 2.00 bits per heavy atom. The number of benzene rings is 2. The van der Waals surface area contributed by atoms with E-state index in [1.165, 1.54) is 0 Å². The summed E-state index contributed by atoms with van der Waals surface area (Å²) < 4.78 is 5.64. The first-order chi connectivity index (χ1) is 14.5. The van der Waals surface area contributed by atoms with Gasteiger partial charge >= 0.3 is 6.09 Å². The first kappa shape index (κ1) is 23.5. The second-order valence-electron chi connectivity index (χ2n) is 10.3. The van der Waals surface area contributed by atoms with E-state index in [9.17, 15) is 9.59 Å². The van der Waals surface area contributed by atoms with Crippen LogP contribution in [0.15, 0.2) is 60.7 Å². The van der Waals surface area contributed by atoms with Crippen molar-refractivity contribution in [3.8, 4) is 0 Å². The third kappa shape index (κ3) is 5.21. The van der Waals surface area contributed by atoms with Crippen LogP contribution in [0.3, 0.4) is 0 Å². The summed E-state index contributed by atoms with van der Waals surface area (Å²) in [6.45, 7) is 10.8. The molecule has 2 aromatic rings. The van der Waals surface area contributed by atoms with Gasteiger partial charge in [-0.05, 0) is 61.9 Å². The van der Waals surface area contributed by atoms with Gasteiger partial charge in [-0.15, -0.1) is 0 Å². The van der Waals surface area contributed by atoms with Crippen LogP contribution in [0, 0.1) is 0 Å². The van der Waals surface area contributed by atoms with E-state index in [2.05, 4.69) is 38.1 Å². The van der Waals surface area contributed by atoms with Crippen LogP contribution in [-0.2, 0) is 4.74 Å². The van der Waals surface area contributed by atoms with E-state index in [1.807, 2.05) is 62.1 Å². The molecule has 0 radical (unpaired) electrons. The molecule has 0 aliphatic carbocycles. The molecule has 0 unspecified atom stereocenters. The van der Waals surface area contributed by atoms with E-state index in [4.69, 9.17) is 4.74 Å². The van der Waals surface area contributed by atoms with E-state index in [-0.39, 0.29) is 17.2 Å². The Kier molecular flexibility index (Phi) is 6.97. The molecule has 1 saturated heterocycles. The normalized spacial score (nSPS) is 17.6. The summed E-state index contributed by atoms with van der Waals surface area (Å²) in [5.74, 6) is 0. The van der Waals surface area contributed by atoms with Gasteiger partial charge < -0.3 is 14.4 Å². The third-order valence-corrected chi connectivity index (χ3v) is 11.0. The minimum absolute atomic E-state index is 0.166. The molecule has 1 N–H and O–H groups in total. The summed E-state index contributed by atoms with van der Waals surface area (Å²) in [5.41, 5.74) is -0.489. The number of likely N-dealkylation sites (tertiary alicyclic amines) is 1. The first-order valence-corrected chi connectivity index (χ1v) is 13.3. The molecule has 0 spiro atoms. The Hall–Kier alpha value is -2.11. The molecule has 1 fully saturated rings. The van der Waals surface area contributed by atoms with Crippen molar-refractivity contribution in [1.82, 2.24) is 4.90 Å². The highest BCUT2D eigenvalue weighted by molar-refractivity contribution is 6.98. The molecule has 1 aliphatic rings. The fourth-order valence-corrected chi connectivity index (χ4v) is 8.46. The summed E-state index contributed by atoms with van der Waals surface area (Å²) in [5, 5.41) is 1.75. The van der Waals surface area contributed by atoms with Gasteiger partial charge in [-0.1, -0.05) is 74.5 Å². The average Bonchev–Trinajstić information content (AvgIpc) is 3.21. The highest BCUT2D eigenvalue weighted by Crippen LogP contribution is 2.41. The van der Waals surface area contributed by atoms with E-state index >= 15 is 0 Å². The number of rotatable bonds is 6. The molecule has 1 heterocycles. The Labute approximate surface area is 188 Å². The predicted molar refractivity (Wildman–Crippen MR) is 129 cm³/mol. The first-order valence-electron chi connectivity index (χ1n) is 11.4. The Balaban J connectivity index is 1.82. The van der Waals surface area contributed by atoms with Crippen molar-refractivity contribution in [1.29, 1.82) is 0 Å². The molecule has 168 valence electrons. The minimum Gasteiger partial charge on any atom is -0.444 e. The number of hydrogen-bond donors (Lipinski definition) is 1. The smallest absolute Gasteiger partial charge is 0.410 e. The predicted octanol–water partition coefficient (Wildman–Crippen LogP) is 4.70. The molecule has 1 aliphatic heterocycles. The molecule has 0 bridgehead atoms. The van der Waals surface area contributed by atoms with Gasteiger partial charge in [0.2, 0.25) is 0 Å². The van der Waals surface area contributed by atoms with Crippen molar-refractivity contribution in [2.24, 2.45) is 0 Å². The van der Waals surface area contributed by atoms with Crippen LogP contribution in [0.5, 0.6) is 0 Å². The van der Waals surface area contributed by atoms with Gasteiger partial charge in [-0.25, -0.2) is 4.79 Å². The van der Waals surface area contributed by atoms with Crippen LogP contribution in [0.4, 0.5) is 4.79 Å². The van der Waals surface area contributed by atoms with Gasteiger partial charge in [0.25, 0.3) is 8.32 Å². The molecule has 1 amide bonds. The van der Waals surface area contributed by atoms with E-state index in [0.717, 1.165) is 42.6 Å². The molecule has 3 rings (SSSR count). The van der Waals surface area contributed by atoms with Crippen LogP contribution < -0.4 is 10.4 Å². The SMILES string of the molecule is CC(C)(C)OC(=O)N1CCC[C@H]1CCC(C)(C)[Si](O)(c1ccccc1)c1ccccc1. The fraction of sp³-hybridized carbons (Fsp3) is 0.500. The van der Waals surface area contributed by atoms with Gasteiger partial charge in [0, 0.05) is 12.6 Å². The summed E-state index contributed by atoms with van der Waals surface area (Å²) in [6.07, 6.45) is 3.48. The monoisotopic (exact) mass is 439 g/mol. The maximum atomic E-state index is 12.7. The van der Waals surface area contributed by atoms with E-state index in [0.29, 0.717) is 0 Å². The summed E-state index contributed by atoms with van der Waals surface area (Å²) in [4.78, 5) is 26.9. The maximum Gasteiger partial charge on any atom is 0.410 e. The molecular formula is C26H37NO3Si. The summed E-state index contributed by atoms with van der Waals surface area (Å²) >= 11 is 0. The second kappa shape index (κ2) is 9.17. The topological polar surface area (TPSA) is 49.8 Å². The van der Waals surface area contributed by atoms with E-state index < -0.39 is 13.9 Å².